The quantitative estimate of drug-likeness (QED) is 0.855. The molecule has 3 aliphatic rings. The number of nitrogens with zero attached hydrogens (tertiary/aromatic N) is 3. The van der Waals surface area contributed by atoms with Gasteiger partial charge in [-0.2, -0.15) is 4.98 Å². The van der Waals surface area contributed by atoms with Gasteiger partial charge in [-0.05, 0) is 57.8 Å². The van der Waals surface area contributed by atoms with E-state index in [9.17, 15) is 4.79 Å². The highest BCUT2D eigenvalue weighted by atomic mass is 16.5. The largest absolute Gasteiger partial charge is 0.339 e. The molecule has 2 heterocycles. The molecule has 0 bridgehead atoms. The number of aromatic nitrogens is 2. The molecular formula is C16H23N3O2. The van der Waals surface area contributed by atoms with Crippen LogP contribution in [0.3, 0.4) is 0 Å². The summed E-state index contributed by atoms with van der Waals surface area (Å²) in [6, 6.07) is 0. The van der Waals surface area contributed by atoms with Crippen LogP contribution >= 0.6 is 0 Å². The lowest BCUT2D eigenvalue weighted by atomic mass is 9.87. The molecule has 114 valence electrons. The molecule has 5 nitrogen and oxygen atoms in total. The van der Waals surface area contributed by atoms with Crippen LogP contribution in [0.25, 0.3) is 0 Å². The minimum absolute atomic E-state index is 0.275. The Morgan fingerprint density at radius 3 is 2.86 bits per heavy atom. The molecule has 1 atom stereocenters. The van der Waals surface area contributed by atoms with E-state index in [1.54, 1.807) is 0 Å². The van der Waals surface area contributed by atoms with Crippen LogP contribution in [0.2, 0.25) is 0 Å². The Morgan fingerprint density at radius 1 is 1.33 bits per heavy atom. The Labute approximate surface area is 125 Å². The first-order valence-corrected chi connectivity index (χ1v) is 8.31. The maximum absolute atomic E-state index is 12.6. The van der Waals surface area contributed by atoms with Gasteiger partial charge in [0.1, 0.15) is 5.54 Å². The fourth-order valence-electron chi connectivity index (χ4n) is 3.38. The molecular weight excluding hydrogens is 266 g/mol. The van der Waals surface area contributed by atoms with Crippen LogP contribution in [0.15, 0.2) is 4.52 Å². The van der Waals surface area contributed by atoms with Crippen molar-refractivity contribution >= 4 is 5.91 Å². The first kappa shape index (κ1) is 13.3. The van der Waals surface area contributed by atoms with Gasteiger partial charge < -0.3 is 9.42 Å². The maximum Gasteiger partial charge on any atom is 0.229 e. The van der Waals surface area contributed by atoms with Crippen LogP contribution in [0, 0.1) is 5.92 Å². The number of likely N-dealkylation sites (tertiary alicyclic amines) is 1. The predicted octanol–water partition coefficient (Wildman–Crippen LogP) is 2.97. The maximum atomic E-state index is 12.6. The lowest BCUT2D eigenvalue weighted by Crippen LogP contribution is -2.51. The minimum atomic E-state index is -0.374. The summed E-state index contributed by atoms with van der Waals surface area (Å²) in [5.41, 5.74) is -0.374. The highest BCUT2D eigenvalue weighted by Gasteiger charge is 2.44. The monoisotopic (exact) mass is 289 g/mol. The van der Waals surface area contributed by atoms with Gasteiger partial charge in [-0.15, -0.1) is 0 Å². The zero-order valence-electron chi connectivity index (χ0n) is 12.7. The Morgan fingerprint density at radius 2 is 2.14 bits per heavy atom. The fraction of sp³-hybridized carbons (Fsp3) is 0.812. The third kappa shape index (κ3) is 2.47. The van der Waals surface area contributed by atoms with Crippen molar-refractivity contribution in [1.29, 1.82) is 0 Å². The van der Waals surface area contributed by atoms with Gasteiger partial charge in [0.2, 0.25) is 11.8 Å². The number of hydrogen-bond donors (Lipinski definition) is 0. The zero-order chi connectivity index (χ0) is 14.4. The van der Waals surface area contributed by atoms with Gasteiger partial charge >= 0.3 is 0 Å². The van der Waals surface area contributed by atoms with Gasteiger partial charge in [0.15, 0.2) is 5.82 Å². The van der Waals surface area contributed by atoms with Crippen molar-refractivity contribution in [3.8, 4) is 0 Å². The van der Waals surface area contributed by atoms with Crippen molar-refractivity contribution in [3.63, 3.8) is 0 Å². The molecule has 21 heavy (non-hydrogen) atoms. The van der Waals surface area contributed by atoms with Crippen LogP contribution in [-0.2, 0) is 10.3 Å². The van der Waals surface area contributed by atoms with E-state index in [4.69, 9.17) is 4.52 Å². The molecule has 4 rings (SSSR count). The predicted molar refractivity (Wildman–Crippen MR) is 76.5 cm³/mol. The fourth-order valence-corrected chi connectivity index (χ4v) is 3.38. The van der Waals surface area contributed by atoms with Crippen LogP contribution < -0.4 is 0 Å². The molecule has 1 unspecified atom stereocenters. The molecule has 2 aliphatic carbocycles. The third-order valence-electron chi connectivity index (χ3n) is 5.20. The molecule has 0 N–H and O–H groups in total. The van der Waals surface area contributed by atoms with E-state index in [0.29, 0.717) is 24.1 Å². The SMILES string of the molecule is CC1(c2noc(C3CC3)n2)CCCCN1C(=O)CC1CC1. The second kappa shape index (κ2) is 4.82. The highest BCUT2D eigenvalue weighted by Crippen LogP contribution is 2.42. The molecule has 0 radical (unpaired) electrons. The van der Waals surface area contributed by atoms with Crippen molar-refractivity contribution in [2.45, 2.75) is 69.7 Å². The van der Waals surface area contributed by atoms with E-state index in [2.05, 4.69) is 17.1 Å². The first-order valence-electron chi connectivity index (χ1n) is 8.31. The van der Waals surface area contributed by atoms with Crippen molar-refractivity contribution < 1.29 is 9.32 Å². The molecule has 2 saturated carbocycles. The normalized spacial score (nSPS) is 29.7. The van der Waals surface area contributed by atoms with Gasteiger partial charge in [0, 0.05) is 18.9 Å². The average molecular weight is 289 g/mol. The van der Waals surface area contributed by atoms with E-state index in [1.165, 1.54) is 12.8 Å². The molecule has 1 saturated heterocycles. The summed E-state index contributed by atoms with van der Waals surface area (Å²) in [5.74, 6) is 2.85. The lowest BCUT2D eigenvalue weighted by molar-refractivity contribution is -0.140. The molecule has 1 aliphatic heterocycles. The number of rotatable bonds is 4. The average Bonchev–Trinajstić information content (AvgIpc) is 3.40. The standard InChI is InChI=1S/C16H23N3O2/c1-16(15-17-14(21-18-15)12-6-7-12)8-2-3-9-19(16)13(20)10-11-4-5-11/h11-12H,2-10H2,1H3. The molecule has 0 aromatic carbocycles. The summed E-state index contributed by atoms with van der Waals surface area (Å²) >= 11 is 0. The first-order chi connectivity index (χ1) is 10.2. The van der Waals surface area contributed by atoms with Crippen LogP contribution in [0.1, 0.15) is 75.9 Å². The lowest BCUT2D eigenvalue weighted by Gasteiger charge is -2.42. The Hall–Kier alpha value is -1.39. The van der Waals surface area contributed by atoms with Crippen molar-refractivity contribution in [3.05, 3.63) is 11.7 Å². The van der Waals surface area contributed by atoms with Gasteiger partial charge in [0.25, 0.3) is 0 Å². The second-order valence-corrected chi connectivity index (χ2v) is 7.15. The number of amides is 1. The van der Waals surface area contributed by atoms with Crippen LogP contribution in [0.5, 0.6) is 0 Å². The summed E-state index contributed by atoms with van der Waals surface area (Å²) < 4.78 is 5.43. The van der Waals surface area contributed by atoms with E-state index in [0.717, 1.165) is 44.5 Å². The van der Waals surface area contributed by atoms with Gasteiger partial charge in [-0.1, -0.05) is 5.16 Å². The number of hydrogen-bond acceptors (Lipinski definition) is 4. The van der Waals surface area contributed by atoms with Gasteiger partial charge in [-0.3, -0.25) is 4.79 Å². The molecule has 5 heteroatoms. The van der Waals surface area contributed by atoms with E-state index in [-0.39, 0.29) is 11.4 Å². The molecule has 1 aromatic heterocycles. The summed E-state index contributed by atoms with van der Waals surface area (Å²) in [6.07, 6.45) is 8.58. The highest BCUT2D eigenvalue weighted by molar-refractivity contribution is 5.77. The Kier molecular flexibility index (Phi) is 3.05. The third-order valence-corrected chi connectivity index (χ3v) is 5.20. The molecule has 1 aromatic rings. The van der Waals surface area contributed by atoms with E-state index in [1.807, 2.05) is 4.90 Å². The molecule has 0 spiro atoms. The summed E-state index contributed by atoms with van der Waals surface area (Å²) in [4.78, 5) is 19.3. The number of carbonyl (C=O) groups excluding carboxylic acids is 1. The Bertz CT molecular complexity index is 547. The van der Waals surface area contributed by atoms with Crippen molar-refractivity contribution in [2.24, 2.45) is 5.92 Å². The smallest absolute Gasteiger partial charge is 0.229 e. The minimum Gasteiger partial charge on any atom is -0.339 e. The van der Waals surface area contributed by atoms with Crippen LogP contribution in [0.4, 0.5) is 0 Å². The molecule has 1 amide bonds. The van der Waals surface area contributed by atoms with Crippen LogP contribution in [-0.4, -0.2) is 27.5 Å². The zero-order valence-corrected chi connectivity index (χ0v) is 12.7. The summed E-state index contributed by atoms with van der Waals surface area (Å²) in [5, 5.41) is 4.22. The van der Waals surface area contributed by atoms with Gasteiger partial charge in [0.05, 0.1) is 0 Å². The summed E-state index contributed by atoms with van der Waals surface area (Å²) in [6.45, 7) is 2.94. The van der Waals surface area contributed by atoms with Crippen molar-refractivity contribution in [2.75, 3.05) is 6.54 Å². The van der Waals surface area contributed by atoms with E-state index >= 15 is 0 Å². The van der Waals surface area contributed by atoms with Gasteiger partial charge in [-0.25, -0.2) is 0 Å². The number of piperidine rings is 1. The molecule has 3 fully saturated rings. The topological polar surface area (TPSA) is 59.2 Å². The van der Waals surface area contributed by atoms with E-state index < -0.39 is 0 Å². The summed E-state index contributed by atoms with van der Waals surface area (Å²) in [7, 11) is 0. The van der Waals surface area contributed by atoms with Crippen molar-refractivity contribution in [1.82, 2.24) is 15.0 Å². The Balaban J connectivity index is 1.58. The second-order valence-electron chi connectivity index (χ2n) is 7.15. The number of carbonyl (C=O) groups is 1.